The summed E-state index contributed by atoms with van der Waals surface area (Å²) >= 11 is 0. The number of rotatable bonds is 9. The monoisotopic (exact) mass is 2050 g/mol. The van der Waals surface area contributed by atoms with Crippen LogP contribution in [-0.2, 0) is 60.3 Å². The van der Waals surface area contributed by atoms with E-state index in [4.69, 9.17) is 37.9 Å². The van der Waals surface area contributed by atoms with Crippen LogP contribution in [0.2, 0.25) is 0 Å². The Morgan fingerprint density at radius 3 is 1.01 bits per heavy atom. The molecule has 0 bridgehead atoms. The van der Waals surface area contributed by atoms with Crippen LogP contribution in [0.4, 0.5) is 0 Å². The van der Waals surface area contributed by atoms with Crippen molar-refractivity contribution in [3.63, 3.8) is 0 Å². The third kappa shape index (κ3) is 20.1. The number of aryl methyl sites for hydroxylation is 9. The van der Waals surface area contributed by atoms with Crippen molar-refractivity contribution in [3.05, 3.63) is 341 Å². The first-order chi connectivity index (χ1) is 60.8. The van der Waals surface area contributed by atoms with Crippen LogP contribution in [-0.4, -0.2) is 44.9 Å². The van der Waals surface area contributed by atoms with Gasteiger partial charge in [-0.1, -0.05) is 146 Å². The van der Waals surface area contributed by atoms with Gasteiger partial charge in [-0.15, -0.1) is 162 Å². The molecule has 579 valence electrons. The van der Waals surface area contributed by atoms with Gasteiger partial charge in [-0.2, -0.15) is 0 Å². The first-order valence-corrected chi connectivity index (χ1v) is 35.6. The second-order valence-electron chi connectivity index (χ2n) is 26.4. The SMILES string of the molecule is [2H]C([2H])([2H])C([2H])(C)c1ccc(-c2[c-]ccc3c2oc2nc(C)cc(C)c23)nc1.[2H]C([2H])([2H])C([2H])(C)c1ccc(-c2[c-]ccc3c2oc2nc(C)cc(C)c23)nc1.[2H]C([2H])([2H])C([2H])(C)c1ccc(-c2[c-]ccc3c2oc2nc(C)cc(C)c23)nc1.[2H]C([2H])([2H])c1ccc(-c2[c-]cccc2)nc1.[2H]C([2H])([2H])c1cnc(-c2[c-]cccc2)cc1C.[Ir].[Ir].[Ir].[c-]1ccccc1-c1ccccn1. The summed E-state index contributed by atoms with van der Waals surface area (Å²) in [5.74, 6) is -5.19. The number of aromatic nitrogens is 9. The Hall–Kier alpha value is -11.0. The van der Waals surface area contributed by atoms with Gasteiger partial charge in [0.05, 0.1) is 16.7 Å². The predicted molar refractivity (Wildman–Crippen MR) is 451 cm³/mol. The van der Waals surface area contributed by atoms with Crippen molar-refractivity contribution in [2.75, 3.05) is 0 Å². The quantitative estimate of drug-likeness (QED) is 0.126. The second kappa shape index (κ2) is 39.2. The maximum absolute atomic E-state index is 8.20. The Morgan fingerprint density at radius 2 is 0.693 bits per heavy atom. The largest absolute Gasteiger partial charge is 0.486 e. The smallest absolute Gasteiger partial charge is 0.216 e. The van der Waals surface area contributed by atoms with E-state index in [9.17, 15) is 0 Å². The predicted octanol–water partition coefficient (Wildman–Crippen LogP) is 25.3. The summed E-state index contributed by atoms with van der Waals surface area (Å²) in [7, 11) is 0. The van der Waals surface area contributed by atoms with Crippen LogP contribution in [0.25, 0.3) is 134 Å². The van der Waals surface area contributed by atoms with Gasteiger partial charge in [0.25, 0.3) is 0 Å². The van der Waals surface area contributed by atoms with E-state index in [0.717, 1.165) is 105 Å². The number of pyridine rings is 9. The van der Waals surface area contributed by atoms with E-state index >= 15 is 0 Å². The van der Waals surface area contributed by atoms with Gasteiger partial charge < -0.3 is 43.2 Å². The van der Waals surface area contributed by atoms with Crippen LogP contribution in [0.15, 0.2) is 251 Å². The molecule has 0 spiro atoms. The molecule has 3 radical (unpaired) electrons. The molecule has 12 heterocycles. The molecular formula is C99H87Ir3N9O3-6. The van der Waals surface area contributed by atoms with Crippen molar-refractivity contribution in [3.8, 4) is 67.5 Å². The van der Waals surface area contributed by atoms with Crippen LogP contribution in [0.5, 0.6) is 0 Å². The summed E-state index contributed by atoms with van der Waals surface area (Å²) in [5.41, 5.74) is 20.9. The van der Waals surface area contributed by atoms with Crippen molar-refractivity contribution in [2.24, 2.45) is 0 Å². The summed E-state index contributed by atoms with van der Waals surface area (Å²) in [4.78, 5) is 39.2. The van der Waals surface area contributed by atoms with Gasteiger partial charge in [-0.05, 0) is 183 Å². The summed E-state index contributed by atoms with van der Waals surface area (Å²) in [6.45, 7) is 6.25. The number of furan rings is 3. The average Bonchev–Trinajstić information content (AvgIpc) is 1.59. The molecule has 0 N–H and O–H groups in total. The second-order valence-corrected chi connectivity index (χ2v) is 26.4. The molecule has 15 heteroatoms. The zero-order valence-electron chi connectivity index (χ0n) is 81.8. The molecule has 0 aliphatic carbocycles. The number of hydrogen-bond donors (Lipinski definition) is 0. The third-order valence-corrected chi connectivity index (χ3v) is 18.0. The summed E-state index contributed by atoms with van der Waals surface area (Å²) in [5, 5.41) is 5.71. The topological polar surface area (TPSA) is 155 Å². The molecular weight excluding hydrogens is 1940 g/mol. The summed E-state index contributed by atoms with van der Waals surface area (Å²) < 4.78 is 155. The van der Waals surface area contributed by atoms with E-state index in [1.165, 1.54) is 51.8 Å². The van der Waals surface area contributed by atoms with E-state index < -0.39 is 51.9 Å². The Balaban J connectivity index is 0.000000167. The fourth-order valence-corrected chi connectivity index (χ4v) is 12.6. The van der Waals surface area contributed by atoms with Crippen LogP contribution < -0.4 is 0 Å². The number of hydrogen-bond acceptors (Lipinski definition) is 12. The van der Waals surface area contributed by atoms with Crippen LogP contribution in [0, 0.1) is 98.6 Å². The third-order valence-electron chi connectivity index (χ3n) is 18.0. The molecule has 3 atom stereocenters. The van der Waals surface area contributed by atoms with Crippen LogP contribution in [0.1, 0.15) is 151 Å². The van der Waals surface area contributed by atoms with Gasteiger partial charge in [0.2, 0.25) is 17.1 Å². The first-order valence-electron chi connectivity index (χ1n) is 44.6. The minimum atomic E-state index is -2.44. The molecule has 0 fully saturated rings. The maximum Gasteiger partial charge on any atom is 0.216 e. The Kier molecular flexibility index (Phi) is 21.8. The zero-order valence-corrected chi connectivity index (χ0v) is 71.0. The molecule has 0 aliphatic rings. The number of benzene rings is 6. The first kappa shape index (κ1) is 63.4. The summed E-state index contributed by atoms with van der Waals surface area (Å²) in [6.07, 6.45) is 8.94. The standard InChI is InChI=1S/3C21H19N2O.C13H12N.C12H10N.C11H8N.3Ir/c3*1-12(2)15-8-9-18(22-11-15)16-6-5-7-17-19-13(3)10-14(4)23-21(19)24-20(16)17;1-10-8-13(14-9-11(10)2)12-6-4-3-5-7-12;1-10-7-8-12(13-9-10)11-5-3-2-4-6-11;1-2-6-10(7-3-1)11-8-4-5-9-12-11;;;/h3*5,7-12H,1-4H3;3-6,8-9H,1-2H3;2-5,7-9H,1H3;1-6,8-9H;;;/q6*-1;;;/i3*1D3,12D;2D3;1D3;;;;. The number of nitrogens with zero attached hydrogens (tertiary/aromatic N) is 9. The molecule has 18 aromatic rings. The van der Waals surface area contributed by atoms with E-state index in [-0.39, 0.29) is 65.9 Å². The summed E-state index contributed by atoms with van der Waals surface area (Å²) in [6, 6.07) is 79.8. The molecule has 0 saturated carbocycles. The normalized spacial score (nSPS) is 15.2. The van der Waals surface area contributed by atoms with Crippen LogP contribution >= 0.6 is 0 Å². The van der Waals surface area contributed by atoms with Crippen molar-refractivity contribution in [2.45, 2.75) is 121 Å². The van der Waals surface area contributed by atoms with E-state index in [1.54, 1.807) is 73.8 Å². The molecule has 12 nitrogen and oxygen atoms in total. The molecule has 114 heavy (non-hydrogen) atoms. The van der Waals surface area contributed by atoms with Gasteiger partial charge in [-0.25, -0.2) is 15.0 Å². The van der Waals surface area contributed by atoms with Crippen molar-refractivity contribution >= 4 is 66.2 Å². The fourth-order valence-electron chi connectivity index (χ4n) is 12.6. The average molecular weight is 2050 g/mol. The Labute approximate surface area is 734 Å². The van der Waals surface area contributed by atoms with Crippen molar-refractivity contribution in [1.82, 2.24) is 44.9 Å². The fraction of sp³-hybridized carbons (Fsp3) is 0.182. The molecule has 6 aromatic carbocycles. The molecule has 0 amide bonds. The van der Waals surface area contributed by atoms with Gasteiger partial charge >= 0.3 is 0 Å². The minimum Gasteiger partial charge on any atom is -0.486 e. The maximum atomic E-state index is 8.20. The Morgan fingerprint density at radius 1 is 0.325 bits per heavy atom. The van der Waals surface area contributed by atoms with E-state index in [2.05, 4.69) is 81.3 Å². The van der Waals surface area contributed by atoms with E-state index in [0.29, 0.717) is 89.9 Å². The molecule has 3 unspecified atom stereocenters. The number of fused-ring (bicyclic) bond motifs is 9. The van der Waals surface area contributed by atoms with Crippen LogP contribution in [0.3, 0.4) is 0 Å². The zero-order chi connectivity index (χ0) is 93.1. The van der Waals surface area contributed by atoms with Gasteiger partial charge in [-0.3, -0.25) is 0 Å². The van der Waals surface area contributed by atoms with Gasteiger partial charge in [0.1, 0.15) is 0 Å². The Bertz CT molecular complexity index is 6510. The van der Waals surface area contributed by atoms with Gasteiger partial charge in [0.15, 0.2) is 0 Å². The molecule has 0 aliphatic heterocycles. The molecule has 18 rings (SSSR count). The minimum absolute atomic E-state index is 0. The van der Waals surface area contributed by atoms with Crippen molar-refractivity contribution < 1.29 is 98.2 Å². The molecule has 12 aromatic heterocycles. The molecule has 0 saturated heterocycles. The van der Waals surface area contributed by atoms with Crippen molar-refractivity contribution in [1.29, 1.82) is 0 Å². The van der Waals surface area contributed by atoms with E-state index in [1.807, 2.05) is 181 Å². The van der Waals surface area contributed by atoms with Gasteiger partial charge in [0, 0.05) is 155 Å².